The zero-order chi connectivity index (χ0) is 26.1. The van der Waals surface area contributed by atoms with Crippen LogP contribution in [0.25, 0.3) is 5.73 Å². The van der Waals surface area contributed by atoms with Gasteiger partial charge in [0.15, 0.2) is 17.2 Å². The van der Waals surface area contributed by atoms with Gasteiger partial charge in [-0.05, 0) is 75.4 Å². The molecule has 4 aliphatic carbocycles. The van der Waals surface area contributed by atoms with Crippen molar-refractivity contribution in [3.05, 3.63) is 53.7 Å². The molecule has 8 heteroatoms. The highest BCUT2D eigenvalue weighted by Gasteiger charge is 2.76. The Kier molecular flexibility index (Phi) is 5.58. The predicted octanol–water partition coefficient (Wildman–Crippen LogP) is 4.14. The fraction of sp³-hybridized carbons (Fsp3) is 0.571. The number of furan rings is 1. The molecule has 2 unspecified atom stereocenters. The fourth-order valence-corrected chi connectivity index (χ4v) is 8.56. The quantitative estimate of drug-likeness (QED) is 0.485. The number of esters is 1. The highest BCUT2D eigenvalue weighted by atomic mass is 16.6. The van der Waals surface area contributed by atoms with Gasteiger partial charge in [0.05, 0.1) is 12.4 Å². The van der Waals surface area contributed by atoms with Gasteiger partial charge in [-0.2, -0.15) is 0 Å². The van der Waals surface area contributed by atoms with Crippen molar-refractivity contribution in [2.75, 3.05) is 6.54 Å². The minimum absolute atomic E-state index is 0.0122. The van der Waals surface area contributed by atoms with Gasteiger partial charge in [0.1, 0.15) is 5.54 Å². The van der Waals surface area contributed by atoms with E-state index in [0.29, 0.717) is 19.3 Å². The number of aliphatic hydroxyl groups is 1. The smallest absolute Gasteiger partial charge is 0.375 e. The molecule has 8 atom stereocenters. The number of nitrogens with one attached hydrogen (secondary N) is 1. The highest BCUT2D eigenvalue weighted by Crippen LogP contribution is 2.71. The second kappa shape index (κ2) is 8.08. The number of aliphatic hydroxyl groups excluding tert-OH is 1. The Morgan fingerprint density at radius 2 is 2.08 bits per heavy atom. The van der Waals surface area contributed by atoms with Crippen molar-refractivity contribution in [2.24, 2.45) is 33.6 Å². The number of hydrogen-bond donors (Lipinski definition) is 1. The first-order valence-corrected chi connectivity index (χ1v) is 12.6. The van der Waals surface area contributed by atoms with Gasteiger partial charge >= 0.3 is 5.97 Å². The lowest BCUT2D eigenvalue weighted by Gasteiger charge is -2.64. The molecule has 4 aliphatic rings. The van der Waals surface area contributed by atoms with Crippen molar-refractivity contribution in [1.29, 1.82) is 0 Å². The standard InChI is InChI=1S/C28H33N2O6/c1-16-12-20-19-8-7-17-13-18(31)9-10-25(17,2)27(19,30-4)22(32)14-26(20,3)28(16,23(33)15-29)36-24(34)21-6-5-11-35-21/h5-6,9-11,13,16,19-20,22,29,32H,4,7-8,12,14-15H2,1-3H3/q-1/t16-,19?,20?,22+,25+,26+,27+,28+/m1/s1. The van der Waals surface area contributed by atoms with Gasteiger partial charge in [0.25, 0.3) is 0 Å². The van der Waals surface area contributed by atoms with Gasteiger partial charge in [-0.1, -0.05) is 32.0 Å². The summed E-state index contributed by atoms with van der Waals surface area (Å²) in [6, 6.07) is 3.05. The Labute approximate surface area is 210 Å². The van der Waals surface area contributed by atoms with Crippen LogP contribution >= 0.6 is 0 Å². The summed E-state index contributed by atoms with van der Waals surface area (Å²) >= 11 is 0. The minimum Gasteiger partial charge on any atom is -0.671 e. The molecule has 0 aromatic carbocycles. The number of Topliss-reactive ketones (excluding diaryl/α,β-unsaturated/α-hetero) is 1. The van der Waals surface area contributed by atoms with Crippen molar-refractivity contribution in [1.82, 2.24) is 0 Å². The first kappa shape index (κ1) is 24.8. The number of rotatable bonds is 5. The first-order valence-electron chi connectivity index (χ1n) is 12.6. The number of carbonyl (C=O) groups excluding carboxylic acids is 3. The van der Waals surface area contributed by atoms with Crippen molar-refractivity contribution in [3.8, 4) is 0 Å². The zero-order valence-corrected chi connectivity index (χ0v) is 21.0. The summed E-state index contributed by atoms with van der Waals surface area (Å²) in [6.07, 6.45) is 7.42. The van der Waals surface area contributed by atoms with Crippen LogP contribution in [0, 0.1) is 28.6 Å². The maximum atomic E-state index is 13.6. The Morgan fingerprint density at radius 1 is 1.33 bits per heavy atom. The molecule has 0 bridgehead atoms. The number of fused-ring (bicyclic) bond motifs is 5. The number of hydrogen-bond acceptors (Lipinski definition) is 7. The van der Waals surface area contributed by atoms with Crippen molar-refractivity contribution >= 4 is 24.3 Å². The molecule has 8 nitrogen and oxygen atoms in total. The third kappa shape index (κ3) is 2.83. The van der Waals surface area contributed by atoms with Crippen molar-refractivity contribution in [2.45, 2.75) is 63.7 Å². The summed E-state index contributed by atoms with van der Waals surface area (Å²) in [5.74, 6) is -2.00. The van der Waals surface area contributed by atoms with Crippen LogP contribution in [0.2, 0.25) is 0 Å². The third-order valence-electron chi connectivity index (χ3n) is 10.1. The van der Waals surface area contributed by atoms with E-state index in [0.717, 1.165) is 5.57 Å². The molecule has 1 aromatic heterocycles. The van der Waals surface area contributed by atoms with E-state index in [-0.39, 0.29) is 35.7 Å². The maximum absolute atomic E-state index is 13.6. The molecule has 36 heavy (non-hydrogen) atoms. The maximum Gasteiger partial charge on any atom is 0.375 e. The van der Waals surface area contributed by atoms with Crippen LogP contribution in [-0.2, 0) is 14.3 Å². The lowest BCUT2D eigenvalue weighted by molar-refractivity contribution is -0.186. The second-order valence-electron chi connectivity index (χ2n) is 11.3. The van der Waals surface area contributed by atoms with Gasteiger partial charge in [0, 0.05) is 16.7 Å². The third-order valence-corrected chi connectivity index (χ3v) is 10.1. The molecule has 0 aliphatic heterocycles. The molecule has 1 aromatic rings. The largest absolute Gasteiger partial charge is 0.671 e. The van der Waals surface area contributed by atoms with E-state index in [4.69, 9.17) is 14.9 Å². The average Bonchev–Trinajstić information content (AvgIpc) is 3.45. The lowest BCUT2D eigenvalue weighted by Crippen LogP contribution is -2.71. The van der Waals surface area contributed by atoms with Gasteiger partial charge in [0.2, 0.25) is 5.76 Å². The Bertz CT molecular complexity index is 1190. The molecule has 3 saturated carbocycles. The SMILES string of the molecule is C=N[C@]12C(CCC3=CC(=O)C=C[C@@]31C)C1C[C@@H](C)[C@](OC(=O)c3ccco3)(C(=O)C[NH-])[C@@]1(C)C[C@@H]2O. The van der Waals surface area contributed by atoms with E-state index in [2.05, 4.69) is 11.7 Å². The minimum atomic E-state index is -1.59. The molecule has 0 amide bonds. The average molecular weight is 494 g/mol. The summed E-state index contributed by atoms with van der Waals surface area (Å²) < 4.78 is 11.3. The van der Waals surface area contributed by atoms with E-state index in [1.54, 1.807) is 12.1 Å². The molecule has 0 radical (unpaired) electrons. The van der Waals surface area contributed by atoms with Crippen LogP contribution in [0.5, 0.6) is 0 Å². The van der Waals surface area contributed by atoms with E-state index in [1.165, 1.54) is 18.4 Å². The molecule has 0 saturated heterocycles. The van der Waals surface area contributed by atoms with Gasteiger partial charge < -0.3 is 20.0 Å². The number of ketones is 2. The van der Waals surface area contributed by atoms with Crippen molar-refractivity contribution < 1.29 is 28.6 Å². The fourth-order valence-electron chi connectivity index (χ4n) is 8.56. The second-order valence-corrected chi connectivity index (χ2v) is 11.3. The van der Waals surface area contributed by atoms with Crippen molar-refractivity contribution in [3.63, 3.8) is 0 Å². The Balaban J connectivity index is 1.64. The summed E-state index contributed by atoms with van der Waals surface area (Å²) in [5, 5.41) is 11.9. The van der Waals surface area contributed by atoms with E-state index in [9.17, 15) is 19.5 Å². The summed E-state index contributed by atoms with van der Waals surface area (Å²) in [7, 11) is 0. The topological polar surface area (TPSA) is 130 Å². The zero-order valence-electron chi connectivity index (χ0n) is 21.0. The Hall–Kier alpha value is -2.84. The van der Waals surface area contributed by atoms with Crippen LogP contribution in [0.15, 0.2) is 51.6 Å². The monoisotopic (exact) mass is 493 g/mol. The molecule has 2 N–H and O–H groups in total. The molecule has 1 heterocycles. The first-order chi connectivity index (χ1) is 17.0. The van der Waals surface area contributed by atoms with Gasteiger partial charge in [-0.25, -0.2) is 4.79 Å². The molecular weight excluding hydrogens is 460 g/mol. The van der Waals surface area contributed by atoms with Crippen LogP contribution < -0.4 is 0 Å². The number of carbonyl (C=O) groups is 3. The number of ether oxygens (including phenoxy) is 1. The number of aliphatic imine (C=N–C) groups is 1. The molecular formula is C28H33N2O6-. The van der Waals surface area contributed by atoms with Crippen LogP contribution in [0.1, 0.15) is 57.0 Å². The van der Waals surface area contributed by atoms with Gasteiger partial charge in [-0.15, -0.1) is 0 Å². The Morgan fingerprint density at radius 3 is 2.72 bits per heavy atom. The number of nitrogens with zero attached hydrogens (tertiary/aromatic N) is 1. The highest BCUT2D eigenvalue weighted by molar-refractivity contribution is 6.01. The van der Waals surface area contributed by atoms with Crippen LogP contribution in [0.3, 0.4) is 0 Å². The summed E-state index contributed by atoms with van der Waals surface area (Å²) in [4.78, 5) is 43.5. The lowest BCUT2D eigenvalue weighted by atomic mass is 9.42. The van der Waals surface area contributed by atoms with Crippen LogP contribution in [-0.4, -0.2) is 53.1 Å². The predicted molar refractivity (Wildman–Crippen MR) is 132 cm³/mol. The van der Waals surface area contributed by atoms with Crippen LogP contribution in [0.4, 0.5) is 0 Å². The normalized spacial score (nSPS) is 43.1. The van der Waals surface area contributed by atoms with E-state index in [1.807, 2.05) is 26.8 Å². The molecule has 192 valence electrons. The van der Waals surface area contributed by atoms with E-state index < -0.39 is 46.4 Å². The summed E-state index contributed by atoms with van der Waals surface area (Å²) in [5.41, 5.74) is 4.69. The number of allylic oxidation sites excluding steroid dienone is 2. The molecule has 0 spiro atoms. The van der Waals surface area contributed by atoms with E-state index >= 15 is 0 Å². The van der Waals surface area contributed by atoms with Gasteiger partial charge in [-0.3, -0.25) is 14.6 Å². The molecule has 5 rings (SSSR count). The molecule has 3 fully saturated rings. The summed E-state index contributed by atoms with van der Waals surface area (Å²) in [6.45, 7) is 9.20.